The van der Waals surface area contributed by atoms with Crippen molar-refractivity contribution in [2.45, 2.75) is 31.7 Å². The van der Waals surface area contributed by atoms with E-state index in [-0.39, 0.29) is 0 Å². The van der Waals surface area contributed by atoms with Gasteiger partial charge in [-0.15, -0.1) is 0 Å². The zero-order valence-corrected chi connectivity index (χ0v) is 11.0. The van der Waals surface area contributed by atoms with E-state index >= 15 is 0 Å². The van der Waals surface area contributed by atoms with Crippen LogP contribution in [-0.2, 0) is 12.8 Å². The van der Waals surface area contributed by atoms with E-state index in [1.54, 1.807) is 0 Å². The molecule has 98 valence electrons. The standard InChI is InChI=1S/C16H19N3/c1-2-10-17-14(7-1)9-12-18-15-8-3-5-13-6-4-11-19-16(13)15/h1-2,4,6-7,10-11,15,18H,3,5,8-9,12H2. The Bertz CT molecular complexity index is 525. The molecule has 3 nitrogen and oxygen atoms in total. The second kappa shape index (κ2) is 5.93. The molecule has 0 bridgehead atoms. The van der Waals surface area contributed by atoms with Crippen molar-refractivity contribution in [1.82, 2.24) is 15.3 Å². The Kier molecular flexibility index (Phi) is 3.84. The molecule has 2 heterocycles. The Hall–Kier alpha value is -1.74. The molecule has 3 rings (SSSR count). The van der Waals surface area contributed by atoms with E-state index in [9.17, 15) is 0 Å². The molecule has 0 amide bonds. The quantitative estimate of drug-likeness (QED) is 0.910. The highest BCUT2D eigenvalue weighted by atomic mass is 14.9. The maximum absolute atomic E-state index is 4.55. The molecule has 1 N–H and O–H groups in total. The second-order valence-corrected chi connectivity index (χ2v) is 5.02. The van der Waals surface area contributed by atoms with Gasteiger partial charge in [-0.2, -0.15) is 0 Å². The lowest BCUT2D eigenvalue weighted by Gasteiger charge is -2.25. The Morgan fingerprint density at radius 3 is 2.95 bits per heavy atom. The number of rotatable bonds is 4. The van der Waals surface area contributed by atoms with Crippen LogP contribution in [0.15, 0.2) is 42.7 Å². The molecule has 19 heavy (non-hydrogen) atoms. The van der Waals surface area contributed by atoms with Crippen LogP contribution in [0.5, 0.6) is 0 Å². The molecule has 0 saturated carbocycles. The van der Waals surface area contributed by atoms with Crippen molar-refractivity contribution in [3.8, 4) is 0 Å². The summed E-state index contributed by atoms with van der Waals surface area (Å²) in [6, 6.07) is 10.7. The minimum absolute atomic E-state index is 0.411. The summed E-state index contributed by atoms with van der Waals surface area (Å²) >= 11 is 0. The van der Waals surface area contributed by atoms with Crippen LogP contribution in [0, 0.1) is 0 Å². The predicted octanol–water partition coefficient (Wildman–Crippen LogP) is 2.69. The summed E-state index contributed by atoms with van der Waals surface area (Å²) in [5, 5.41) is 3.62. The molecule has 1 aliphatic carbocycles. The van der Waals surface area contributed by atoms with Crippen LogP contribution in [0.4, 0.5) is 0 Å². The topological polar surface area (TPSA) is 37.8 Å². The van der Waals surface area contributed by atoms with Gasteiger partial charge >= 0.3 is 0 Å². The maximum Gasteiger partial charge on any atom is 0.0605 e. The molecule has 0 radical (unpaired) electrons. The summed E-state index contributed by atoms with van der Waals surface area (Å²) in [7, 11) is 0. The number of aryl methyl sites for hydroxylation is 1. The number of hydrogen-bond donors (Lipinski definition) is 1. The number of fused-ring (bicyclic) bond motifs is 1. The SMILES string of the molecule is c1ccc(CCNC2CCCc3cccnc32)nc1. The zero-order chi connectivity index (χ0) is 12.9. The lowest BCUT2D eigenvalue weighted by molar-refractivity contribution is 0.450. The van der Waals surface area contributed by atoms with Crippen molar-refractivity contribution >= 4 is 0 Å². The van der Waals surface area contributed by atoms with E-state index < -0.39 is 0 Å². The summed E-state index contributed by atoms with van der Waals surface area (Å²) in [5.74, 6) is 0. The van der Waals surface area contributed by atoms with E-state index in [2.05, 4.69) is 27.4 Å². The summed E-state index contributed by atoms with van der Waals surface area (Å²) < 4.78 is 0. The van der Waals surface area contributed by atoms with Crippen LogP contribution < -0.4 is 5.32 Å². The van der Waals surface area contributed by atoms with Crippen molar-refractivity contribution < 1.29 is 0 Å². The first kappa shape index (κ1) is 12.3. The molecule has 2 aromatic rings. The fraction of sp³-hybridized carbons (Fsp3) is 0.375. The van der Waals surface area contributed by atoms with Gasteiger partial charge in [0.1, 0.15) is 0 Å². The molecule has 0 aliphatic heterocycles. The fourth-order valence-electron chi connectivity index (χ4n) is 2.73. The number of nitrogens with one attached hydrogen (secondary N) is 1. The van der Waals surface area contributed by atoms with Gasteiger partial charge < -0.3 is 5.32 Å². The van der Waals surface area contributed by atoms with Crippen molar-refractivity contribution in [1.29, 1.82) is 0 Å². The van der Waals surface area contributed by atoms with Gasteiger partial charge in [-0.25, -0.2) is 0 Å². The highest BCUT2D eigenvalue weighted by Crippen LogP contribution is 2.27. The van der Waals surface area contributed by atoms with E-state index in [4.69, 9.17) is 0 Å². The van der Waals surface area contributed by atoms with E-state index in [0.29, 0.717) is 6.04 Å². The maximum atomic E-state index is 4.55. The average molecular weight is 253 g/mol. The molecule has 1 aliphatic rings. The average Bonchev–Trinajstić information content (AvgIpc) is 2.49. The fourth-order valence-corrected chi connectivity index (χ4v) is 2.73. The van der Waals surface area contributed by atoms with E-state index in [1.807, 2.05) is 30.6 Å². The second-order valence-electron chi connectivity index (χ2n) is 5.02. The smallest absolute Gasteiger partial charge is 0.0605 e. The first-order valence-electron chi connectivity index (χ1n) is 7.00. The monoisotopic (exact) mass is 253 g/mol. The predicted molar refractivity (Wildman–Crippen MR) is 75.9 cm³/mol. The van der Waals surface area contributed by atoms with Crippen LogP contribution in [0.3, 0.4) is 0 Å². The van der Waals surface area contributed by atoms with Gasteiger partial charge in [-0.3, -0.25) is 9.97 Å². The zero-order valence-electron chi connectivity index (χ0n) is 11.0. The van der Waals surface area contributed by atoms with E-state index in [1.165, 1.54) is 30.5 Å². The normalized spacial score (nSPS) is 18.0. The first-order valence-corrected chi connectivity index (χ1v) is 7.00. The van der Waals surface area contributed by atoms with Crippen LogP contribution >= 0.6 is 0 Å². The highest BCUT2D eigenvalue weighted by Gasteiger charge is 2.20. The number of aromatic nitrogens is 2. The van der Waals surface area contributed by atoms with Crippen molar-refractivity contribution in [2.24, 2.45) is 0 Å². The summed E-state index contributed by atoms with van der Waals surface area (Å²) in [6.45, 7) is 0.956. The third-order valence-corrected chi connectivity index (χ3v) is 3.69. The van der Waals surface area contributed by atoms with Gasteiger partial charge in [-0.1, -0.05) is 12.1 Å². The Labute approximate surface area is 114 Å². The molecular weight excluding hydrogens is 234 g/mol. The van der Waals surface area contributed by atoms with Gasteiger partial charge in [0.05, 0.1) is 5.69 Å². The Morgan fingerprint density at radius 2 is 2.05 bits per heavy atom. The first-order chi connectivity index (χ1) is 9.43. The van der Waals surface area contributed by atoms with Crippen LogP contribution in [0.2, 0.25) is 0 Å². The minimum atomic E-state index is 0.411. The number of nitrogens with zero attached hydrogens (tertiary/aromatic N) is 2. The minimum Gasteiger partial charge on any atom is -0.308 e. The van der Waals surface area contributed by atoms with Crippen LogP contribution in [0.25, 0.3) is 0 Å². The molecule has 3 heteroatoms. The third-order valence-electron chi connectivity index (χ3n) is 3.69. The van der Waals surface area contributed by atoms with Gasteiger partial charge in [0, 0.05) is 37.1 Å². The number of hydrogen-bond acceptors (Lipinski definition) is 3. The van der Waals surface area contributed by atoms with Crippen molar-refractivity contribution in [2.75, 3.05) is 6.54 Å². The highest BCUT2D eigenvalue weighted by molar-refractivity contribution is 5.25. The molecule has 1 unspecified atom stereocenters. The third kappa shape index (κ3) is 2.99. The molecule has 2 aromatic heterocycles. The summed E-state index contributed by atoms with van der Waals surface area (Å²) in [6.07, 6.45) is 8.33. The van der Waals surface area contributed by atoms with Gasteiger partial charge in [0.2, 0.25) is 0 Å². The molecule has 1 atom stereocenters. The van der Waals surface area contributed by atoms with Gasteiger partial charge in [-0.05, 0) is 43.0 Å². The van der Waals surface area contributed by atoms with Gasteiger partial charge in [0.15, 0.2) is 0 Å². The largest absolute Gasteiger partial charge is 0.308 e. The van der Waals surface area contributed by atoms with E-state index in [0.717, 1.165) is 18.7 Å². The molecule has 0 spiro atoms. The molecule has 0 aromatic carbocycles. The summed E-state index contributed by atoms with van der Waals surface area (Å²) in [5.41, 5.74) is 3.80. The van der Waals surface area contributed by atoms with Crippen molar-refractivity contribution in [3.05, 3.63) is 59.7 Å². The molecular formula is C16H19N3. The Balaban J connectivity index is 1.59. The Morgan fingerprint density at radius 1 is 1.11 bits per heavy atom. The lowest BCUT2D eigenvalue weighted by Crippen LogP contribution is -2.28. The van der Waals surface area contributed by atoms with Crippen molar-refractivity contribution in [3.63, 3.8) is 0 Å². The molecule has 0 fully saturated rings. The summed E-state index contributed by atoms with van der Waals surface area (Å²) in [4.78, 5) is 8.90. The van der Waals surface area contributed by atoms with Gasteiger partial charge in [0.25, 0.3) is 0 Å². The van der Waals surface area contributed by atoms with Crippen LogP contribution in [0.1, 0.15) is 35.8 Å². The lowest BCUT2D eigenvalue weighted by atomic mass is 9.92. The van der Waals surface area contributed by atoms with Crippen LogP contribution in [-0.4, -0.2) is 16.5 Å². The molecule has 0 saturated heterocycles. The number of pyridine rings is 2.